The average molecular weight is 224 g/mol. The van der Waals surface area contributed by atoms with Gasteiger partial charge in [0, 0.05) is 14.2 Å². The predicted octanol–water partition coefficient (Wildman–Crippen LogP) is 1.39. The molecule has 1 aliphatic rings. The van der Waals surface area contributed by atoms with Crippen molar-refractivity contribution in [2.75, 3.05) is 14.2 Å². The lowest BCUT2D eigenvalue weighted by atomic mass is 9.88. The van der Waals surface area contributed by atoms with E-state index < -0.39 is 5.34 Å². The summed E-state index contributed by atoms with van der Waals surface area (Å²) in [5.41, 5.74) is 0. The summed E-state index contributed by atoms with van der Waals surface area (Å²) in [6, 6.07) is 0. The van der Waals surface area contributed by atoms with Gasteiger partial charge in [0.1, 0.15) is 5.34 Å². The molecule has 86 valence electrons. The van der Waals surface area contributed by atoms with Crippen LogP contribution in [0.25, 0.3) is 0 Å². The highest BCUT2D eigenvalue weighted by atomic mass is 31.1. The molecule has 1 saturated carbocycles. The highest BCUT2D eigenvalue weighted by Crippen LogP contribution is 2.38. The van der Waals surface area contributed by atoms with E-state index in [1.54, 1.807) is 0 Å². The summed E-state index contributed by atoms with van der Waals surface area (Å²) in [7, 11) is 1.90. The van der Waals surface area contributed by atoms with E-state index in [1.165, 1.54) is 0 Å². The fraction of sp³-hybridized carbons (Fsp3) is 1.00. The van der Waals surface area contributed by atoms with Crippen LogP contribution in [0.5, 0.6) is 0 Å². The summed E-state index contributed by atoms with van der Waals surface area (Å²) in [5, 5.41) is 22.6. The van der Waals surface area contributed by atoms with Crippen LogP contribution in [-0.2, 0) is 4.57 Å². The molecule has 2 atom stereocenters. The molecule has 0 aliphatic heterocycles. The quantitative estimate of drug-likeness (QED) is 0.588. The molecule has 0 bridgehead atoms. The molecule has 1 fully saturated rings. The first kappa shape index (κ1) is 16.4. The molecule has 1 rings (SSSR count). The van der Waals surface area contributed by atoms with Gasteiger partial charge in [0.25, 0.3) is 0 Å². The third kappa shape index (κ3) is 6.44. The van der Waals surface area contributed by atoms with E-state index in [0.29, 0.717) is 18.8 Å². The van der Waals surface area contributed by atoms with Gasteiger partial charge in [-0.3, -0.25) is 4.57 Å². The molecule has 0 amide bonds. The Labute approximate surface area is 87.2 Å². The van der Waals surface area contributed by atoms with E-state index in [-0.39, 0.29) is 8.46 Å². The normalized spacial score (nSPS) is 30.9. The van der Waals surface area contributed by atoms with Crippen molar-refractivity contribution in [1.29, 1.82) is 0 Å². The first-order valence-electron chi connectivity index (χ1n) is 4.63. The molecule has 2 unspecified atom stereocenters. The maximum absolute atomic E-state index is 10.5. The Hall–Kier alpha value is -0.0200. The summed E-state index contributed by atoms with van der Waals surface area (Å²) < 4.78 is 10.5. The standard InChI is InChI=1S/C7H13O2P.2CH4O/c1-6-3-2-4-7(8,5-6)10-9;2*1-2/h6,8H,2-5H2,1H3;2*2H,1H3. The van der Waals surface area contributed by atoms with E-state index in [9.17, 15) is 9.67 Å². The summed E-state index contributed by atoms with van der Waals surface area (Å²) in [6.45, 7) is 2.09. The maximum Gasteiger partial charge on any atom is 0.190 e. The molecule has 4 nitrogen and oxygen atoms in total. The van der Waals surface area contributed by atoms with Gasteiger partial charge < -0.3 is 15.3 Å². The SMILES string of the molecule is CC1CCCC(O)(P=O)C1.CO.CO. The molecular formula is C9H21O4P. The minimum atomic E-state index is -0.891. The number of hydrogen-bond acceptors (Lipinski definition) is 4. The zero-order chi connectivity index (χ0) is 11.6. The molecule has 0 radical (unpaired) electrons. The zero-order valence-electron chi connectivity index (χ0n) is 9.10. The van der Waals surface area contributed by atoms with Crippen LogP contribution in [0.1, 0.15) is 32.6 Å². The summed E-state index contributed by atoms with van der Waals surface area (Å²) in [5.74, 6) is 0.528. The lowest BCUT2D eigenvalue weighted by molar-refractivity contribution is 0.0668. The second-order valence-corrected chi connectivity index (χ2v) is 4.29. The molecule has 1 aliphatic carbocycles. The molecular weight excluding hydrogens is 203 g/mol. The third-order valence-electron chi connectivity index (χ3n) is 2.12. The van der Waals surface area contributed by atoms with E-state index in [4.69, 9.17) is 10.2 Å². The summed E-state index contributed by atoms with van der Waals surface area (Å²) in [6.07, 6.45) is 3.56. The first-order chi connectivity index (χ1) is 6.66. The maximum atomic E-state index is 10.5. The zero-order valence-corrected chi connectivity index (χ0v) is 10.00. The van der Waals surface area contributed by atoms with Gasteiger partial charge in [0.05, 0.1) is 0 Å². The Balaban J connectivity index is 0. The van der Waals surface area contributed by atoms with E-state index >= 15 is 0 Å². The average Bonchev–Trinajstić information content (AvgIpc) is 2.24. The predicted molar refractivity (Wildman–Crippen MR) is 56.5 cm³/mol. The monoisotopic (exact) mass is 224 g/mol. The van der Waals surface area contributed by atoms with Crippen molar-refractivity contribution in [1.82, 2.24) is 0 Å². The van der Waals surface area contributed by atoms with Gasteiger partial charge in [-0.05, 0) is 25.2 Å². The van der Waals surface area contributed by atoms with Crippen LogP contribution >= 0.6 is 8.46 Å². The number of aliphatic hydroxyl groups excluding tert-OH is 2. The van der Waals surface area contributed by atoms with E-state index in [2.05, 4.69) is 6.92 Å². The van der Waals surface area contributed by atoms with Gasteiger partial charge in [0.15, 0.2) is 8.46 Å². The third-order valence-corrected chi connectivity index (χ3v) is 2.87. The first-order valence-corrected chi connectivity index (χ1v) is 5.44. The molecule has 3 N–H and O–H groups in total. The van der Waals surface area contributed by atoms with Crippen molar-refractivity contribution >= 4 is 8.46 Å². The van der Waals surface area contributed by atoms with Crippen LogP contribution in [0.3, 0.4) is 0 Å². The van der Waals surface area contributed by atoms with Crippen molar-refractivity contribution in [3.8, 4) is 0 Å². The van der Waals surface area contributed by atoms with Gasteiger partial charge >= 0.3 is 0 Å². The minimum absolute atomic E-state index is 0.0956. The Morgan fingerprint density at radius 2 is 1.79 bits per heavy atom. The second-order valence-electron chi connectivity index (χ2n) is 3.28. The lowest BCUT2D eigenvalue weighted by Crippen LogP contribution is -2.28. The van der Waals surface area contributed by atoms with Crippen molar-refractivity contribution in [3.63, 3.8) is 0 Å². The van der Waals surface area contributed by atoms with Gasteiger partial charge in [-0.2, -0.15) is 0 Å². The van der Waals surface area contributed by atoms with Crippen LogP contribution in [0.2, 0.25) is 0 Å². The molecule has 5 heteroatoms. The molecule has 14 heavy (non-hydrogen) atoms. The van der Waals surface area contributed by atoms with Gasteiger partial charge in [-0.1, -0.05) is 13.3 Å². The fourth-order valence-electron chi connectivity index (χ4n) is 1.58. The summed E-state index contributed by atoms with van der Waals surface area (Å²) in [4.78, 5) is 0. The number of rotatable bonds is 1. The summed E-state index contributed by atoms with van der Waals surface area (Å²) >= 11 is 0. The molecule has 0 saturated heterocycles. The molecule has 0 aromatic carbocycles. The lowest BCUT2D eigenvalue weighted by Gasteiger charge is -2.29. The Morgan fingerprint density at radius 1 is 1.29 bits per heavy atom. The molecule has 0 spiro atoms. The van der Waals surface area contributed by atoms with E-state index in [1.807, 2.05) is 0 Å². The van der Waals surface area contributed by atoms with Crippen molar-refractivity contribution in [2.24, 2.45) is 5.92 Å². The van der Waals surface area contributed by atoms with E-state index in [0.717, 1.165) is 27.1 Å². The van der Waals surface area contributed by atoms with Gasteiger partial charge in [0.2, 0.25) is 0 Å². The Bertz CT molecular complexity index is 143. The van der Waals surface area contributed by atoms with Gasteiger partial charge in [-0.15, -0.1) is 0 Å². The van der Waals surface area contributed by atoms with Crippen LogP contribution in [0.15, 0.2) is 0 Å². The van der Waals surface area contributed by atoms with Crippen molar-refractivity contribution in [3.05, 3.63) is 0 Å². The Kier molecular flexibility index (Phi) is 11.2. The van der Waals surface area contributed by atoms with Crippen LogP contribution < -0.4 is 0 Å². The van der Waals surface area contributed by atoms with Crippen molar-refractivity contribution in [2.45, 2.75) is 37.9 Å². The smallest absolute Gasteiger partial charge is 0.190 e. The minimum Gasteiger partial charge on any atom is -0.400 e. The number of hydrogen-bond donors (Lipinski definition) is 3. The molecule has 0 heterocycles. The van der Waals surface area contributed by atoms with Crippen LogP contribution in [0.4, 0.5) is 0 Å². The molecule has 0 aromatic rings. The fourth-order valence-corrected chi connectivity index (χ4v) is 2.21. The number of aliphatic hydroxyl groups is 3. The Morgan fingerprint density at radius 3 is 2.07 bits per heavy atom. The van der Waals surface area contributed by atoms with Crippen LogP contribution in [-0.4, -0.2) is 34.9 Å². The highest BCUT2D eigenvalue weighted by molar-refractivity contribution is 7.25. The van der Waals surface area contributed by atoms with Crippen molar-refractivity contribution < 1.29 is 19.9 Å². The highest BCUT2D eigenvalue weighted by Gasteiger charge is 2.32. The molecule has 0 aromatic heterocycles. The topological polar surface area (TPSA) is 77.8 Å². The van der Waals surface area contributed by atoms with Gasteiger partial charge in [-0.25, -0.2) is 0 Å². The van der Waals surface area contributed by atoms with Crippen LogP contribution in [0, 0.1) is 5.92 Å². The largest absolute Gasteiger partial charge is 0.400 e. The second kappa shape index (κ2) is 9.53.